The standard InChI is InChI=1S/C12H13FO2/c1-7-4-3-5-9(8(7)2)12(13)6-10(12)11(14)15/h3-5,10H,6H2,1-2H3,(H,14,15)/t10-,12+/m1/s1. The van der Waals surface area contributed by atoms with Crippen molar-refractivity contribution >= 4 is 5.97 Å². The fraction of sp³-hybridized carbons (Fsp3) is 0.417. The van der Waals surface area contributed by atoms with Crippen molar-refractivity contribution in [2.75, 3.05) is 0 Å². The lowest BCUT2D eigenvalue weighted by Gasteiger charge is -2.12. The van der Waals surface area contributed by atoms with Crippen molar-refractivity contribution in [3.8, 4) is 0 Å². The number of hydrogen-bond acceptors (Lipinski definition) is 1. The van der Waals surface area contributed by atoms with Crippen molar-refractivity contribution in [3.05, 3.63) is 34.9 Å². The van der Waals surface area contributed by atoms with E-state index in [1.165, 1.54) is 0 Å². The first-order chi connectivity index (χ1) is 6.97. The van der Waals surface area contributed by atoms with E-state index in [2.05, 4.69) is 0 Å². The molecular weight excluding hydrogens is 195 g/mol. The highest BCUT2D eigenvalue weighted by Gasteiger charge is 2.61. The summed E-state index contributed by atoms with van der Waals surface area (Å²) in [6.45, 7) is 3.74. The number of benzene rings is 1. The van der Waals surface area contributed by atoms with Gasteiger partial charge in [0, 0.05) is 6.42 Å². The van der Waals surface area contributed by atoms with E-state index in [1.54, 1.807) is 12.1 Å². The lowest BCUT2D eigenvalue weighted by atomic mass is 9.97. The van der Waals surface area contributed by atoms with Crippen molar-refractivity contribution in [3.63, 3.8) is 0 Å². The van der Waals surface area contributed by atoms with E-state index in [0.29, 0.717) is 5.56 Å². The Morgan fingerprint density at radius 1 is 1.53 bits per heavy atom. The van der Waals surface area contributed by atoms with Gasteiger partial charge in [0.15, 0.2) is 5.67 Å². The summed E-state index contributed by atoms with van der Waals surface area (Å²) in [5.41, 5.74) is 0.765. The number of carbonyl (C=O) groups is 1. The molecule has 1 aliphatic carbocycles. The van der Waals surface area contributed by atoms with Crippen LogP contribution in [0.2, 0.25) is 0 Å². The van der Waals surface area contributed by atoms with Crippen LogP contribution in [-0.4, -0.2) is 11.1 Å². The molecule has 0 unspecified atom stereocenters. The Balaban J connectivity index is 2.40. The van der Waals surface area contributed by atoms with Crippen molar-refractivity contribution in [2.45, 2.75) is 25.9 Å². The zero-order valence-electron chi connectivity index (χ0n) is 8.75. The molecule has 0 amide bonds. The number of carboxylic acid groups (broad SMARTS) is 1. The monoisotopic (exact) mass is 208 g/mol. The normalized spacial score (nSPS) is 28.9. The molecule has 0 bridgehead atoms. The molecule has 2 atom stereocenters. The van der Waals surface area contributed by atoms with Gasteiger partial charge in [0.25, 0.3) is 0 Å². The van der Waals surface area contributed by atoms with E-state index in [1.807, 2.05) is 19.9 Å². The Bertz CT molecular complexity index is 428. The van der Waals surface area contributed by atoms with E-state index in [4.69, 9.17) is 5.11 Å². The molecule has 0 spiro atoms. The fourth-order valence-corrected chi connectivity index (χ4v) is 2.02. The van der Waals surface area contributed by atoms with Crippen molar-refractivity contribution in [1.82, 2.24) is 0 Å². The van der Waals surface area contributed by atoms with E-state index in [9.17, 15) is 9.18 Å². The van der Waals surface area contributed by atoms with Gasteiger partial charge in [0.2, 0.25) is 0 Å². The Morgan fingerprint density at radius 2 is 2.20 bits per heavy atom. The minimum absolute atomic E-state index is 0.104. The number of hydrogen-bond donors (Lipinski definition) is 1. The Kier molecular flexibility index (Phi) is 2.07. The molecule has 0 aromatic heterocycles. The smallest absolute Gasteiger partial charge is 0.310 e. The molecule has 0 radical (unpaired) electrons. The number of rotatable bonds is 2. The van der Waals surface area contributed by atoms with Crippen LogP contribution in [0.3, 0.4) is 0 Å². The van der Waals surface area contributed by atoms with Crippen molar-refractivity contribution < 1.29 is 14.3 Å². The van der Waals surface area contributed by atoms with Gasteiger partial charge in [-0.15, -0.1) is 0 Å². The van der Waals surface area contributed by atoms with Gasteiger partial charge in [0.05, 0.1) is 5.92 Å². The highest BCUT2D eigenvalue weighted by atomic mass is 19.1. The van der Waals surface area contributed by atoms with Gasteiger partial charge in [-0.1, -0.05) is 18.2 Å². The second-order valence-corrected chi connectivity index (χ2v) is 4.20. The third kappa shape index (κ3) is 1.42. The van der Waals surface area contributed by atoms with Crippen LogP contribution < -0.4 is 0 Å². The van der Waals surface area contributed by atoms with Gasteiger partial charge in [-0.3, -0.25) is 4.79 Å². The minimum Gasteiger partial charge on any atom is -0.481 e. The largest absolute Gasteiger partial charge is 0.481 e. The maximum Gasteiger partial charge on any atom is 0.310 e. The van der Waals surface area contributed by atoms with Gasteiger partial charge in [0.1, 0.15) is 0 Å². The predicted octanol–water partition coefficient (Wildman–Crippen LogP) is 2.57. The van der Waals surface area contributed by atoms with Crippen LogP contribution in [0.25, 0.3) is 0 Å². The highest BCUT2D eigenvalue weighted by Crippen LogP contribution is 2.56. The van der Waals surface area contributed by atoms with E-state index in [0.717, 1.165) is 11.1 Å². The molecule has 1 aromatic rings. The summed E-state index contributed by atoms with van der Waals surface area (Å²) >= 11 is 0. The lowest BCUT2D eigenvalue weighted by Crippen LogP contribution is -2.11. The lowest BCUT2D eigenvalue weighted by molar-refractivity contribution is -0.139. The van der Waals surface area contributed by atoms with Gasteiger partial charge in [-0.25, -0.2) is 4.39 Å². The predicted molar refractivity (Wildman–Crippen MR) is 54.4 cm³/mol. The summed E-state index contributed by atoms with van der Waals surface area (Å²) in [6, 6.07) is 5.36. The van der Waals surface area contributed by atoms with Gasteiger partial charge < -0.3 is 5.11 Å². The summed E-state index contributed by atoms with van der Waals surface area (Å²) in [5, 5.41) is 8.77. The molecule has 0 heterocycles. The third-order valence-electron chi connectivity index (χ3n) is 3.24. The number of aryl methyl sites for hydroxylation is 1. The molecule has 15 heavy (non-hydrogen) atoms. The second-order valence-electron chi connectivity index (χ2n) is 4.20. The summed E-state index contributed by atoms with van der Waals surface area (Å²) in [5.74, 6) is -1.91. The number of aliphatic carboxylic acids is 1. The zero-order chi connectivity index (χ0) is 11.2. The van der Waals surface area contributed by atoms with Crippen LogP contribution >= 0.6 is 0 Å². The van der Waals surface area contributed by atoms with E-state index in [-0.39, 0.29) is 6.42 Å². The summed E-state index contributed by atoms with van der Waals surface area (Å²) < 4.78 is 14.2. The van der Waals surface area contributed by atoms with Gasteiger partial charge >= 0.3 is 5.97 Å². The quantitative estimate of drug-likeness (QED) is 0.811. The van der Waals surface area contributed by atoms with Crippen LogP contribution in [0.5, 0.6) is 0 Å². The van der Waals surface area contributed by atoms with Gasteiger partial charge in [-0.2, -0.15) is 0 Å². The topological polar surface area (TPSA) is 37.3 Å². The van der Waals surface area contributed by atoms with Crippen molar-refractivity contribution in [2.24, 2.45) is 5.92 Å². The molecule has 1 N–H and O–H groups in total. The molecule has 1 aliphatic rings. The minimum atomic E-state index is -1.64. The van der Waals surface area contributed by atoms with Crippen molar-refractivity contribution in [1.29, 1.82) is 0 Å². The molecule has 1 aromatic carbocycles. The van der Waals surface area contributed by atoms with Crippen LogP contribution in [0.15, 0.2) is 18.2 Å². The van der Waals surface area contributed by atoms with Crippen LogP contribution in [0.1, 0.15) is 23.1 Å². The highest BCUT2D eigenvalue weighted by molar-refractivity contribution is 5.76. The SMILES string of the molecule is Cc1cccc([C@@]2(F)C[C@@H]2C(=O)O)c1C. The molecule has 2 rings (SSSR count). The molecule has 3 heteroatoms. The molecule has 1 fully saturated rings. The summed E-state index contributed by atoms with van der Waals surface area (Å²) in [4.78, 5) is 10.7. The summed E-state index contributed by atoms with van der Waals surface area (Å²) in [7, 11) is 0. The average molecular weight is 208 g/mol. The molecule has 0 saturated heterocycles. The maximum atomic E-state index is 14.2. The fourth-order valence-electron chi connectivity index (χ4n) is 2.02. The first-order valence-electron chi connectivity index (χ1n) is 4.95. The second kappa shape index (κ2) is 3.05. The van der Waals surface area contributed by atoms with E-state index < -0.39 is 17.6 Å². The third-order valence-corrected chi connectivity index (χ3v) is 3.24. The number of alkyl halides is 1. The van der Waals surface area contributed by atoms with Crippen LogP contribution in [0, 0.1) is 19.8 Å². The van der Waals surface area contributed by atoms with Gasteiger partial charge in [-0.05, 0) is 30.5 Å². The molecule has 2 nitrogen and oxygen atoms in total. The molecule has 1 saturated carbocycles. The Hall–Kier alpha value is -1.38. The zero-order valence-corrected chi connectivity index (χ0v) is 8.75. The molecule has 0 aliphatic heterocycles. The number of carboxylic acids is 1. The Morgan fingerprint density at radius 3 is 2.73 bits per heavy atom. The number of halogens is 1. The summed E-state index contributed by atoms with van der Waals surface area (Å²) in [6.07, 6.45) is 0.104. The Labute approximate surface area is 87.7 Å². The van der Waals surface area contributed by atoms with Crippen LogP contribution in [0.4, 0.5) is 4.39 Å². The first kappa shape index (κ1) is 10.1. The van der Waals surface area contributed by atoms with E-state index >= 15 is 0 Å². The molecule has 80 valence electrons. The average Bonchev–Trinajstić information content (AvgIpc) is 2.84. The molecular formula is C12H13FO2. The first-order valence-corrected chi connectivity index (χ1v) is 4.95. The maximum absolute atomic E-state index is 14.2. The van der Waals surface area contributed by atoms with Crippen LogP contribution in [-0.2, 0) is 10.5 Å².